The number of nitrogens with zero attached hydrogens (tertiary/aromatic N) is 3. The molecule has 4 nitrogen and oxygen atoms in total. The molecule has 0 aliphatic heterocycles. The van der Waals surface area contributed by atoms with E-state index in [-0.39, 0.29) is 0 Å². The van der Waals surface area contributed by atoms with E-state index in [1.165, 1.54) is 11.3 Å². The molecule has 0 aliphatic carbocycles. The van der Waals surface area contributed by atoms with Crippen LogP contribution in [0, 0.1) is 6.92 Å². The number of rotatable bonds is 6. The molecule has 0 bridgehead atoms. The van der Waals surface area contributed by atoms with Gasteiger partial charge in [-0.25, -0.2) is 0 Å². The van der Waals surface area contributed by atoms with Gasteiger partial charge < -0.3 is 10.2 Å². The smallest absolute Gasteiger partial charge is 0.205 e. The first-order valence-electron chi connectivity index (χ1n) is 6.53. The Bertz CT molecular complexity index is 524. The summed E-state index contributed by atoms with van der Waals surface area (Å²) in [4.78, 5) is 2.21. The molecule has 19 heavy (non-hydrogen) atoms. The van der Waals surface area contributed by atoms with E-state index in [1.54, 1.807) is 11.3 Å². The van der Waals surface area contributed by atoms with Gasteiger partial charge in [0.1, 0.15) is 5.01 Å². The summed E-state index contributed by atoms with van der Waals surface area (Å²) in [5.74, 6) is 0. The summed E-state index contributed by atoms with van der Waals surface area (Å²) in [6, 6.07) is 8.38. The van der Waals surface area contributed by atoms with Gasteiger partial charge in [-0.05, 0) is 25.0 Å². The van der Waals surface area contributed by atoms with Crippen molar-refractivity contribution in [2.45, 2.75) is 26.8 Å². The van der Waals surface area contributed by atoms with Gasteiger partial charge in [-0.3, -0.25) is 0 Å². The number of para-hydroxylation sites is 1. The second-order valence-corrected chi connectivity index (χ2v) is 5.63. The van der Waals surface area contributed by atoms with Crippen molar-refractivity contribution >= 4 is 22.2 Å². The molecule has 0 aliphatic rings. The zero-order valence-electron chi connectivity index (χ0n) is 11.7. The summed E-state index contributed by atoms with van der Waals surface area (Å²) in [6.45, 7) is 6.00. The van der Waals surface area contributed by atoms with Gasteiger partial charge in [0, 0.05) is 19.3 Å². The molecule has 2 rings (SSSR count). The lowest BCUT2D eigenvalue weighted by Crippen LogP contribution is -2.17. The number of aryl methyl sites for hydroxylation is 1. The molecule has 102 valence electrons. The Morgan fingerprint density at radius 1 is 1.26 bits per heavy atom. The summed E-state index contributed by atoms with van der Waals surface area (Å²) < 4.78 is 0. The predicted octanol–water partition coefficient (Wildman–Crippen LogP) is 3.30. The van der Waals surface area contributed by atoms with E-state index >= 15 is 0 Å². The lowest BCUT2D eigenvalue weighted by molar-refractivity contribution is 0.875. The van der Waals surface area contributed by atoms with Crippen LogP contribution in [0.4, 0.5) is 10.8 Å². The van der Waals surface area contributed by atoms with Gasteiger partial charge in [-0.2, -0.15) is 0 Å². The second-order valence-electron chi connectivity index (χ2n) is 4.57. The first-order chi connectivity index (χ1) is 9.20. The van der Waals surface area contributed by atoms with Gasteiger partial charge in [-0.15, -0.1) is 10.2 Å². The fourth-order valence-electron chi connectivity index (χ4n) is 1.90. The number of anilines is 2. The van der Waals surface area contributed by atoms with Crippen molar-refractivity contribution < 1.29 is 0 Å². The molecule has 5 heteroatoms. The van der Waals surface area contributed by atoms with Crippen molar-refractivity contribution in [1.29, 1.82) is 0 Å². The molecular formula is C14H20N4S. The molecule has 0 unspecified atom stereocenters. The van der Waals surface area contributed by atoms with Crippen molar-refractivity contribution in [1.82, 2.24) is 10.2 Å². The van der Waals surface area contributed by atoms with Crippen LogP contribution in [0.1, 0.15) is 23.9 Å². The maximum Gasteiger partial charge on any atom is 0.205 e. The zero-order chi connectivity index (χ0) is 13.7. The van der Waals surface area contributed by atoms with E-state index < -0.39 is 0 Å². The molecule has 0 fully saturated rings. The van der Waals surface area contributed by atoms with Crippen LogP contribution in [-0.2, 0) is 6.54 Å². The molecule has 0 saturated heterocycles. The number of nitrogens with one attached hydrogen (secondary N) is 1. The normalized spacial score (nSPS) is 10.5. The van der Waals surface area contributed by atoms with Gasteiger partial charge in [0.15, 0.2) is 0 Å². The van der Waals surface area contributed by atoms with Crippen LogP contribution < -0.4 is 10.2 Å². The Hall–Kier alpha value is -1.62. The zero-order valence-corrected chi connectivity index (χ0v) is 12.5. The summed E-state index contributed by atoms with van der Waals surface area (Å²) in [6.07, 6.45) is 1.10. The minimum absolute atomic E-state index is 0.788. The average Bonchev–Trinajstić information content (AvgIpc) is 2.84. The largest absolute Gasteiger partial charge is 0.368 e. The monoisotopic (exact) mass is 276 g/mol. The SMILES string of the molecule is CCCNc1nnc(CN(C)c2ccccc2C)s1. The minimum Gasteiger partial charge on any atom is -0.368 e. The van der Waals surface area contributed by atoms with Crippen molar-refractivity contribution in [3.8, 4) is 0 Å². The Morgan fingerprint density at radius 3 is 2.79 bits per heavy atom. The van der Waals surface area contributed by atoms with E-state index in [9.17, 15) is 0 Å². The van der Waals surface area contributed by atoms with Gasteiger partial charge >= 0.3 is 0 Å². The van der Waals surface area contributed by atoms with Gasteiger partial charge in [0.05, 0.1) is 6.54 Å². The van der Waals surface area contributed by atoms with Gasteiger partial charge in [-0.1, -0.05) is 36.5 Å². The van der Waals surface area contributed by atoms with E-state index in [2.05, 4.69) is 65.6 Å². The van der Waals surface area contributed by atoms with Gasteiger partial charge in [0.25, 0.3) is 0 Å². The molecule has 0 atom stereocenters. The second kappa shape index (κ2) is 6.52. The highest BCUT2D eigenvalue weighted by atomic mass is 32.1. The van der Waals surface area contributed by atoms with Crippen molar-refractivity contribution in [3.63, 3.8) is 0 Å². The lowest BCUT2D eigenvalue weighted by Gasteiger charge is -2.19. The van der Waals surface area contributed by atoms with Crippen LogP contribution in [-0.4, -0.2) is 23.8 Å². The van der Waals surface area contributed by atoms with Crippen LogP contribution in [0.15, 0.2) is 24.3 Å². The molecule has 1 aromatic heterocycles. The minimum atomic E-state index is 0.788. The van der Waals surface area contributed by atoms with E-state index in [1.807, 2.05) is 0 Å². The highest BCUT2D eigenvalue weighted by Crippen LogP contribution is 2.22. The topological polar surface area (TPSA) is 41.1 Å². The molecule has 0 spiro atoms. The highest BCUT2D eigenvalue weighted by Gasteiger charge is 2.09. The fraction of sp³-hybridized carbons (Fsp3) is 0.429. The maximum atomic E-state index is 4.23. The van der Waals surface area contributed by atoms with Crippen LogP contribution in [0.25, 0.3) is 0 Å². The molecule has 2 aromatic rings. The van der Waals surface area contributed by atoms with Crippen molar-refractivity contribution in [2.24, 2.45) is 0 Å². The van der Waals surface area contributed by atoms with E-state index in [4.69, 9.17) is 0 Å². The average molecular weight is 276 g/mol. The number of benzene rings is 1. The summed E-state index contributed by atoms with van der Waals surface area (Å²) >= 11 is 1.63. The number of aromatic nitrogens is 2. The van der Waals surface area contributed by atoms with Crippen LogP contribution in [0.5, 0.6) is 0 Å². The molecular weight excluding hydrogens is 256 g/mol. The quantitative estimate of drug-likeness (QED) is 0.879. The van der Waals surface area contributed by atoms with Crippen LogP contribution >= 0.6 is 11.3 Å². The third-order valence-electron chi connectivity index (χ3n) is 2.89. The Labute approximate surface area is 118 Å². The first kappa shape index (κ1) is 13.8. The molecule has 0 amide bonds. The molecule has 0 radical (unpaired) electrons. The summed E-state index contributed by atoms with van der Waals surface area (Å²) in [5.41, 5.74) is 2.51. The van der Waals surface area contributed by atoms with Crippen molar-refractivity contribution in [2.75, 3.05) is 23.8 Å². The maximum absolute atomic E-state index is 4.23. The predicted molar refractivity (Wildman–Crippen MR) is 82.0 cm³/mol. The van der Waals surface area contributed by atoms with Crippen molar-refractivity contribution in [3.05, 3.63) is 34.8 Å². The van der Waals surface area contributed by atoms with Crippen LogP contribution in [0.3, 0.4) is 0 Å². The molecule has 1 aromatic carbocycles. The standard InChI is InChI=1S/C14H20N4S/c1-4-9-15-14-17-16-13(19-14)10-18(3)12-8-6-5-7-11(12)2/h5-8H,4,9-10H2,1-3H3,(H,15,17). The first-order valence-corrected chi connectivity index (χ1v) is 7.35. The molecule has 0 saturated carbocycles. The summed E-state index contributed by atoms with van der Waals surface area (Å²) in [5, 5.41) is 13.6. The third kappa shape index (κ3) is 3.67. The lowest BCUT2D eigenvalue weighted by atomic mass is 10.2. The fourth-order valence-corrected chi connectivity index (χ4v) is 2.72. The number of hydrogen-bond donors (Lipinski definition) is 1. The van der Waals surface area contributed by atoms with Gasteiger partial charge in [0.2, 0.25) is 5.13 Å². The Kier molecular flexibility index (Phi) is 4.74. The van der Waals surface area contributed by atoms with E-state index in [0.717, 1.165) is 29.6 Å². The third-order valence-corrected chi connectivity index (χ3v) is 3.76. The summed E-state index contributed by atoms with van der Waals surface area (Å²) in [7, 11) is 2.09. The molecule has 1 heterocycles. The Morgan fingerprint density at radius 2 is 2.05 bits per heavy atom. The highest BCUT2D eigenvalue weighted by molar-refractivity contribution is 7.15. The van der Waals surface area contributed by atoms with E-state index in [0.29, 0.717) is 0 Å². The molecule has 1 N–H and O–H groups in total. The number of hydrogen-bond acceptors (Lipinski definition) is 5. The Balaban J connectivity index is 2.01. The van der Waals surface area contributed by atoms with Crippen LogP contribution in [0.2, 0.25) is 0 Å².